The molecular weight excluding hydrogens is 250 g/mol. The minimum Gasteiger partial charge on any atom is -0.409 e. The number of amides is 1. The highest BCUT2D eigenvalue weighted by Crippen LogP contribution is 2.31. The molecule has 0 saturated carbocycles. The van der Waals surface area contributed by atoms with E-state index in [-0.39, 0.29) is 17.2 Å². The van der Waals surface area contributed by atoms with Crippen molar-refractivity contribution in [2.24, 2.45) is 16.3 Å². The van der Waals surface area contributed by atoms with Gasteiger partial charge in [0.25, 0.3) is 5.91 Å². The second kappa shape index (κ2) is 4.97. The molecule has 2 heterocycles. The van der Waals surface area contributed by atoms with Crippen molar-refractivity contribution < 1.29 is 10.0 Å². The quantitative estimate of drug-likeness (QED) is 0.371. The maximum Gasteiger partial charge on any atom is 0.263 e. The molecule has 3 N–H and O–H groups in total. The summed E-state index contributed by atoms with van der Waals surface area (Å²) in [5, 5.41) is 13.8. The number of likely N-dealkylation sites (tertiary alicyclic amines) is 1. The van der Waals surface area contributed by atoms with Gasteiger partial charge in [-0.2, -0.15) is 0 Å². The van der Waals surface area contributed by atoms with Crippen molar-refractivity contribution in [3.63, 3.8) is 0 Å². The molecule has 1 aromatic rings. The van der Waals surface area contributed by atoms with Gasteiger partial charge in [-0.05, 0) is 24.3 Å². The highest BCUT2D eigenvalue weighted by Gasteiger charge is 2.35. The van der Waals surface area contributed by atoms with Crippen LogP contribution in [0.15, 0.2) is 22.7 Å². The first kappa shape index (κ1) is 12.9. The minimum atomic E-state index is -0.305. The number of nitrogens with two attached hydrogens (primary N) is 1. The number of oxime groups is 1. The van der Waals surface area contributed by atoms with Crippen LogP contribution in [0.25, 0.3) is 0 Å². The van der Waals surface area contributed by atoms with Crippen LogP contribution in [0.3, 0.4) is 0 Å². The zero-order valence-corrected chi connectivity index (χ0v) is 11.1. The third-order valence-corrected chi connectivity index (χ3v) is 4.47. The van der Waals surface area contributed by atoms with Crippen molar-refractivity contribution in [3.05, 3.63) is 22.4 Å². The van der Waals surface area contributed by atoms with Crippen molar-refractivity contribution in [2.45, 2.75) is 19.8 Å². The van der Waals surface area contributed by atoms with Gasteiger partial charge in [0.15, 0.2) is 0 Å². The number of rotatable bonds is 2. The van der Waals surface area contributed by atoms with Gasteiger partial charge in [-0.15, -0.1) is 11.3 Å². The molecule has 98 valence electrons. The van der Waals surface area contributed by atoms with E-state index in [4.69, 9.17) is 10.9 Å². The molecule has 0 atom stereocenters. The summed E-state index contributed by atoms with van der Waals surface area (Å²) in [6.45, 7) is 3.25. The van der Waals surface area contributed by atoms with E-state index in [0.717, 1.165) is 17.7 Å². The Morgan fingerprint density at radius 2 is 2.22 bits per heavy atom. The average Bonchev–Trinajstić information content (AvgIpc) is 2.91. The lowest BCUT2D eigenvalue weighted by molar-refractivity contribution is 0.0671. The first-order valence-corrected chi connectivity index (χ1v) is 6.75. The molecule has 1 fully saturated rings. The summed E-state index contributed by atoms with van der Waals surface area (Å²) in [4.78, 5) is 14.7. The largest absolute Gasteiger partial charge is 0.409 e. The van der Waals surface area contributed by atoms with Gasteiger partial charge in [0.05, 0.1) is 4.88 Å². The summed E-state index contributed by atoms with van der Waals surface area (Å²) >= 11 is 1.46. The molecule has 1 aromatic heterocycles. The molecule has 6 heteroatoms. The summed E-state index contributed by atoms with van der Waals surface area (Å²) in [6, 6.07) is 3.71. The fourth-order valence-electron chi connectivity index (χ4n) is 2.14. The smallest absolute Gasteiger partial charge is 0.263 e. The van der Waals surface area contributed by atoms with Crippen LogP contribution in [0.4, 0.5) is 0 Å². The van der Waals surface area contributed by atoms with E-state index < -0.39 is 0 Å². The average molecular weight is 267 g/mol. The Morgan fingerprint density at radius 1 is 1.56 bits per heavy atom. The maximum absolute atomic E-state index is 12.1. The van der Waals surface area contributed by atoms with E-state index in [9.17, 15) is 4.79 Å². The van der Waals surface area contributed by atoms with E-state index in [1.54, 1.807) is 0 Å². The number of carbonyl (C=O) groups excluding carboxylic acids is 1. The Kier molecular flexibility index (Phi) is 3.56. The topological polar surface area (TPSA) is 78.9 Å². The predicted molar refractivity (Wildman–Crippen MR) is 71.0 cm³/mol. The minimum absolute atomic E-state index is 0.0755. The number of hydrogen-bond acceptors (Lipinski definition) is 4. The number of thiophene rings is 1. The van der Waals surface area contributed by atoms with Gasteiger partial charge in [0.1, 0.15) is 5.84 Å². The normalized spacial score (nSPS) is 19.8. The molecular formula is C12H17N3O2S. The molecule has 1 amide bonds. The van der Waals surface area contributed by atoms with Gasteiger partial charge in [-0.1, -0.05) is 18.1 Å². The molecule has 18 heavy (non-hydrogen) atoms. The van der Waals surface area contributed by atoms with Gasteiger partial charge in [-0.25, -0.2) is 0 Å². The van der Waals surface area contributed by atoms with Gasteiger partial charge in [-0.3, -0.25) is 4.79 Å². The Balaban J connectivity index is 2.01. The number of amidine groups is 1. The number of carbonyl (C=O) groups is 1. The van der Waals surface area contributed by atoms with Crippen LogP contribution in [0.2, 0.25) is 0 Å². The van der Waals surface area contributed by atoms with Crippen molar-refractivity contribution in [2.75, 3.05) is 13.1 Å². The Labute approximate surface area is 110 Å². The lowest BCUT2D eigenvalue weighted by Crippen LogP contribution is -2.47. The highest BCUT2D eigenvalue weighted by molar-refractivity contribution is 7.12. The fourth-order valence-corrected chi connectivity index (χ4v) is 2.83. The van der Waals surface area contributed by atoms with Gasteiger partial charge >= 0.3 is 0 Å². The van der Waals surface area contributed by atoms with Crippen molar-refractivity contribution in [3.8, 4) is 0 Å². The molecule has 1 saturated heterocycles. The Hall–Kier alpha value is -1.56. The van der Waals surface area contributed by atoms with Gasteiger partial charge in [0.2, 0.25) is 0 Å². The molecule has 0 bridgehead atoms. The predicted octanol–water partition coefficient (Wildman–Crippen LogP) is 1.74. The molecule has 0 unspecified atom stereocenters. The first-order chi connectivity index (χ1) is 8.57. The van der Waals surface area contributed by atoms with E-state index in [1.807, 2.05) is 29.3 Å². The fraction of sp³-hybridized carbons (Fsp3) is 0.500. The lowest BCUT2D eigenvalue weighted by atomic mass is 9.79. The van der Waals surface area contributed by atoms with Crippen LogP contribution in [0.1, 0.15) is 29.4 Å². The second-order valence-corrected chi connectivity index (χ2v) is 5.76. The third-order valence-electron chi connectivity index (χ3n) is 3.61. The maximum atomic E-state index is 12.1. The summed E-state index contributed by atoms with van der Waals surface area (Å²) in [6.07, 6.45) is 1.44. The molecule has 0 spiro atoms. The Bertz CT molecular complexity index is 448. The highest BCUT2D eigenvalue weighted by atomic mass is 32.1. The monoisotopic (exact) mass is 267 g/mol. The van der Waals surface area contributed by atoms with Crippen LogP contribution in [-0.4, -0.2) is 34.9 Å². The molecule has 0 aromatic carbocycles. The number of hydrogen-bond donors (Lipinski definition) is 2. The van der Waals surface area contributed by atoms with Crippen LogP contribution in [0.5, 0.6) is 0 Å². The molecule has 1 aliphatic rings. The van der Waals surface area contributed by atoms with Gasteiger partial charge < -0.3 is 15.8 Å². The van der Waals surface area contributed by atoms with Gasteiger partial charge in [0, 0.05) is 18.5 Å². The lowest BCUT2D eigenvalue weighted by Gasteiger charge is -2.38. The van der Waals surface area contributed by atoms with Crippen LogP contribution < -0.4 is 5.73 Å². The summed E-state index contributed by atoms with van der Waals surface area (Å²) in [7, 11) is 0. The van der Waals surface area contributed by atoms with E-state index in [1.165, 1.54) is 11.3 Å². The molecule has 0 aliphatic carbocycles. The standard InChI is InChI=1S/C12H17N3O2S/c1-12(11(13)14-17)4-6-15(7-5-12)10(16)9-3-2-8-18-9/h2-3,8,17H,4-7H2,1H3,(H2,13,14). The summed E-state index contributed by atoms with van der Waals surface area (Å²) < 4.78 is 0. The zero-order chi connectivity index (χ0) is 13.2. The molecule has 1 aliphatic heterocycles. The first-order valence-electron chi connectivity index (χ1n) is 5.87. The van der Waals surface area contributed by atoms with Crippen LogP contribution in [0, 0.1) is 5.41 Å². The van der Waals surface area contributed by atoms with Crippen molar-refractivity contribution in [1.82, 2.24) is 4.90 Å². The van der Waals surface area contributed by atoms with Crippen LogP contribution >= 0.6 is 11.3 Å². The van der Waals surface area contributed by atoms with Crippen LogP contribution in [-0.2, 0) is 0 Å². The summed E-state index contributed by atoms with van der Waals surface area (Å²) in [5.41, 5.74) is 5.39. The number of nitrogens with zero attached hydrogens (tertiary/aromatic N) is 2. The van der Waals surface area contributed by atoms with Crippen molar-refractivity contribution >= 4 is 23.1 Å². The molecule has 2 rings (SSSR count). The van der Waals surface area contributed by atoms with E-state index in [2.05, 4.69) is 5.16 Å². The zero-order valence-electron chi connectivity index (χ0n) is 10.3. The second-order valence-electron chi connectivity index (χ2n) is 4.82. The SMILES string of the molecule is CC1(/C(N)=N/O)CCN(C(=O)c2cccs2)CC1. The van der Waals surface area contributed by atoms with Crippen molar-refractivity contribution in [1.29, 1.82) is 0 Å². The molecule has 0 radical (unpaired) electrons. The van der Waals surface area contributed by atoms with E-state index in [0.29, 0.717) is 13.1 Å². The molecule has 5 nitrogen and oxygen atoms in total. The number of piperidine rings is 1. The Morgan fingerprint density at radius 3 is 2.72 bits per heavy atom. The summed E-state index contributed by atoms with van der Waals surface area (Å²) in [5.74, 6) is 0.331. The third kappa shape index (κ3) is 2.33. The van der Waals surface area contributed by atoms with E-state index >= 15 is 0 Å².